The number of nitrogens with zero attached hydrogens (tertiary/aromatic N) is 6. The topological polar surface area (TPSA) is 126 Å². The van der Waals surface area contributed by atoms with E-state index in [1.54, 1.807) is 17.0 Å². The lowest BCUT2D eigenvalue weighted by atomic mass is 10.0. The van der Waals surface area contributed by atoms with E-state index >= 15 is 0 Å². The summed E-state index contributed by atoms with van der Waals surface area (Å²) in [6.07, 6.45) is 6.61. The van der Waals surface area contributed by atoms with E-state index in [2.05, 4.69) is 26.8 Å². The first-order valence-corrected chi connectivity index (χ1v) is 13.1. The fourth-order valence-corrected chi connectivity index (χ4v) is 5.39. The average molecular weight is 520 g/mol. The molecule has 2 fully saturated rings. The van der Waals surface area contributed by atoms with E-state index in [4.69, 9.17) is 14.8 Å². The summed E-state index contributed by atoms with van der Waals surface area (Å²) < 4.78 is 7.43. The molecule has 2 N–H and O–H groups in total. The SMILES string of the molecule is C=C(OCC)c1c(C)c2cnc(Nc3ccc(N4CCN(C(=O)O)CC4)cn3)nc2n(C2CCCC2)c1=O. The van der Waals surface area contributed by atoms with Crippen molar-refractivity contribution in [1.82, 2.24) is 24.4 Å². The monoisotopic (exact) mass is 519 g/mol. The van der Waals surface area contributed by atoms with Crippen LogP contribution in [0.15, 0.2) is 35.9 Å². The number of piperazine rings is 1. The number of nitrogens with one attached hydrogen (secondary N) is 1. The average Bonchev–Trinajstić information content (AvgIpc) is 3.44. The largest absolute Gasteiger partial charge is 0.494 e. The van der Waals surface area contributed by atoms with Crippen LogP contribution < -0.4 is 15.8 Å². The van der Waals surface area contributed by atoms with Gasteiger partial charge in [-0.2, -0.15) is 4.98 Å². The van der Waals surface area contributed by atoms with Crippen molar-refractivity contribution in [3.63, 3.8) is 0 Å². The minimum absolute atomic E-state index is 0.0699. The standard InChI is InChI=1S/C27H33N7O4/c1-4-38-18(3)23-17(2)21-16-29-26(31-24(21)34(25(23)35)19-7-5-6-8-19)30-22-10-9-20(15-28-22)32-11-13-33(14-12-32)27(36)37/h9-10,15-16,19H,3-8,11-14H2,1-2H3,(H,36,37)(H,28,29,30,31). The van der Waals surface area contributed by atoms with Gasteiger partial charge in [-0.3, -0.25) is 9.36 Å². The quantitative estimate of drug-likeness (QED) is 0.443. The number of hydrogen-bond donors (Lipinski definition) is 2. The van der Waals surface area contributed by atoms with Gasteiger partial charge in [-0.05, 0) is 44.4 Å². The molecule has 1 saturated heterocycles. The van der Waals surface area contributed by atoms with Crippen molar-refractivity contribution in [3.8, 4) is 0 Å². The molecule has 5 rings (SSSR count). The Hall–Kier alpha value is -4.15. The predicted octanol–water partition coefficient (Wildman–Crippen LogP) is 4.16. The zero-order valence-electron chi connectivity index (χ0n) is 21.8. The van der Waals surface area contributed by atoms with Crippen LogP contribution in [0.1, 0.15) is 49.8 Å². The van der Waals surface area contributed by atoms with Crippen molar-refractivity contribution in [2.45, 2.75) is 45.6 Å². The van der Waals surface area contributed by atoms with Crippen molar-refractivity contribution in [3.05, 3.63) is 52.6 Å². The lowest BCUT2D eigenvalue weighted by Crippen LogP contribution is -2.48. The molecule has 3 aromatic rings. The summed E-state index contributed by atoms with van der Waals surface area (Å²) in [5.41, 5.74) is 2.63. The molecular weight excluding hydrogens is 486 g/mol. The molecule has 200 valence electrons. The van der Waals surface area contributed by atoms with Crippen LogP contribution in [0.4, 0.5) is 22.2 Å². The van der Waals surface area contributed by atoms with E-state index in [1.165, 1.54) is 4.90 Å². The molecule has 0 unspecified atom stereocenters. The summed E-state index contributed by atoms with van der Waals surface area (Å²) >= 11 is 0. The van der Waals surface area contributed by atoms with E-state index in [-0.39, 0.29) is 11.6 Å². The Kier molecular flexibility index (Phi) is 7.17. The Morgan fingerprint density at radius 1 is 1.16 bits per heavy atom. The number of carboxylic acid groups (broad SMARTS) is 1. The van der Waals surface area contributed by atoms with Gasteiger partial charge in [0.1, 0.15) is 17.2 Å². The van der Waals surface area contributed by atoms with E-state index < -0.39 is 6.09 Å². The van der Waals surface area contributed by atoms with Gasteiger partial charge in [0.05, 0.1) is 24.1 Å². The predicted molar refractivity (Wildman–Crippen MR) is 146 cm³/mol. The third-order valence-electron chi connectivity index (χ3n) is 7.40. The van der Waals surface area contributed by atoms with E-state index in [1.807, 2.05) is 26.0 Å². The van der Waals surface area contributed by atoms with Gasteiger partial charge >= 0.3 is 6.09 Å². The molecule has 11 heteroatoms. The molecule has 2 aliphatic rings. The van der Waals surface area contributed by atoms with E-state index in [0.29, 0.717) is 61.5 Å². The van der Waals surface area contributed by atoms with Crippen molar-refractivity contribution in [1.29, 1.82) is 0 Å². The first kappa shape index (κ1) is 25.5. The highest BCUT2D eigenvalue weighted by Gasteiger charge is 2.26. The Labute approximate surface area is 220 Å². The van der Waals surface area contributed by atoms with Gasteiger partial charge in [0.25, 0.3) is 5.56 Å². The molecule has 4 heterocycles. The van der Waals surface area contributed by atoms with Gasteiger partial charge in [0.2, 0.25) is 5.95 Å². The lowest BCUT2D eigenvalue weighted by Gasteiger charge is -2.34. The number of hydrogen-bond acceptors (Lipinski definition) is 8. The van der Waals surface area contributed by atoms with Gasteiger partial charge in [-0.1, -0.05) is 19.4 Å². The van der Waals surface area contributed by atoms with Gasteiger partial charge in [-0.15, -0.1) is 0 Å². The summed E-state index contributed by atoms with van der Waals surface area (Å²) in [5, 5.41) is 13.1. The summed E-state index contributed by atoms with van der Waals surface area (Å²) in [6.45, 7) is 10.3. The molecule has 1 aliphatic carbocycles. The molecule has 3 aromatic heterocycles. The summed E-state index contributed by atoms with van der Waals surface area (Å²) in [5.74, 6) is 1.30. The van der Waals surface area contributed by atoms with Crippen LogP contribution in [0, 0.1) is 6.92 Å². The van der Waals surface area contributed by atoms with E-state index in [0.717, 1.165) is 42.3 Å². The van der Waals surface area contributed by atoms with Crippen molar-refractivity contribution in [2.24, 2.45) is 0 Å². The molecular formula is C27H33N7O4. The number of ether oxygens (including phenoxy) is 1. The molecule has 11 nitrogen and oxygen atoms in total. The number of carbonyl (C=O) groups is 1. The number of aromatic nitrogens is 4. The highest BCUT2D eigenvalue weighted by atomic mass is 16.5. The Morgan fingerprint density at radius 3 is 2.53 bits per heavy atom. The van der Waals surface area contributed by atoms with E-state index in [9.17, 15) is 9.59 Å². The minimum Gasteiger partial charge on any atom is -0.494 e. The molecule has 1 saturated carbocycles. The third-order valence-corrected chi connectivity index (χ3v) is 7.40. The molecule has 1 aliphatic heterocycles. The normalized spacial score (nSPS) is 16.2. The molecule has 1 amide bonds. The van der Waals surface area contributed by atoms with Crippen LogP contribution >= 0.6 is 0 Å². The maximum atomic E-state index is 13.7. The maximum absolute atomic E-state index is 13.7. The molecule has 0 bridgehead atoms. The number of amides is 1. The van der Waals surface area contributed by atoms with Crippen LogP contribution in [0.2, 0.25) is 0 Å². The number of rotatable bonds is 7. The second-order valence-electron chi connectivity index (χ2n) is 9.68. The smallest absolute Gasteiger partial charge is 0.407 e. The molecule has 38 heavy (non-hydrogen) atoms. The molecule has 0 atom stereocenters. The fraction of sp³-hybridized carbons (Fsp3) is 0.444. The van der Waals surface area contributed by atoms with Crippen LogP contribution in [-0.2, 0) is 4.74 Å². The Balaban J connectivity index is 1.43. The van der Waals surface area contributed by atoms with Crippen LogP contribution in [0.5, 0.6) is 0 Å². The number of fused-ring (bicyclic) bond motifs is 1. The zero-order valence-corrected chi connectivity index (χ0v) is 21.8. The first-order valence-electron chi connectivity index (χ1n) is 13.1. The third kappa shape index (κ3) is 4.88. The van der Waals surface area contributed by atoms with Crippen molar-refractivity contribution >= 4 is 40.3 Å². The number of anilines is 3. The summed E-state index contributed by atoms with van der Waals surface area (Å²) in [6, 6.07) is 3.86. The highest BCUT2D eigenvalue weighted by molar-refractivity contribution is 5.84. The summed E-state index contributed by atoms with van der Waals surface area (Å²) in [4.78, 5) is 42.2. The van der Waals surface area contributed by atoms with Crippen molar-refractivity contribution in [2.75, 3.05) is 43.0 Å². The maximum Gasteiger partial charge on any atom is 0.407 e. The Morgan fingerprint density at radius 2 is 1.89 bits per heavy atom. The van der Waals surface area contributed by atoms with Gasteiger partial charge in [0.15, 0.2) is 0 Å². The van der Waals surface area contributed by atoms with Crippen molar-refractivity contribution < 1.29 is 14.6 Å². The van der Waals surface area contributed by atoms with Gasteiger partial charge in [-0.25, -0.2) is 14.8 Å². The van der Waals surface area contributed by atoms with Gasteiger partial charge < -0.3 is 25.0 Å². The Bertz CT molecular complexity index is 1410. The van der Waals surface area contributed by atoms with Crippen LogP contribution in [0.25, 0.3) is 16.8 Å². The fourth-order valence-electron chi connectivity index (χ4n) is 5.39. The number of aryl methyl sites for hydroxylation is 1. The van der Waals surface area contributed by atoms with Gasteiger partial charge in [0, 0.05) is 43.8 Å². The second kappa shape index (κ2) is 10.7. The molecule has 0 spiro atoms. The van der Waals surface area contributed by atoms with Crippen LogP contribution in [0.3, 0.4) is 0 Å². The molecule has 0 aromatic carbocycles. The highest BCUT2D eigenvalue weighted by Crippen LogP contribution is 2.33. The lowest BCUT2D eigenvalue weighted by molar-refractivity contribution is 0.142. The molecule has 0 radical (unpaired) electrons. The second-order valence-corrected chi connectivity index (χ2v) is 9.68. The zero-order chi connectivity index (χ0) is 26.8. The van der Waals surface area contributed by atoms with Crippen LogP contribution in [-0.4, -0.2) is 68.4 Å². The number of pyridine rings is 2. The summed E-state index contributed by atoms with van der Waals surface area (Å²) in [7, 11) is 0. The first-order chi connectivity index (χ1) is 18.4. The minimum atomic E-state index is -0.887.